The first-order chi connectivity index (χ1) is 13.1. The molecule has 28 heavy (non-hydrogen) atoms. The molecule has 1 atom stereocenters. The highest BCUT2D eigenvalue weighted by molar-refractivity contribution is 5.75. The van der Waals surface area contributed by atoms with Crippen molar-refractivity contribution in [1.82, 2.24) is 15.5 Å². The van der Waals surface area contributed by atoms with Gasteiger partial charge >= 0.3 is 18.3 Å². The summed E-state index contributed by atoms with van der Waals surface area (Å²) in [6, 6.07) is 4.03. The van der Waals surface area contributed by atoms with Crippen molar-refractivity contribution in [3.05, 3.63) is 35.4 Å². The summed E-state index contributed by atoms with van der Waals surface area (Å²) in [5.41, 5.74) is -2.77. The Morgan fingerprint density at radius 2 is 2.11 bits per heavy atom. The number of likely N-dealkylation sites (tertiary alicyclic amines) is 1. The summed E-state index contributed by atoms with van der Waals surface area (Å²) in [6.07, 6.45) is -3.80. The Morgan fingerprint density at radius 3 is 2.75 bits per heavy atom. The van der Waals surface area contributed by atoms with Gasteiger partial charge in [-0.1, -0.05) is 12.1 Å². The van der Waals surface area contributed by atoms with Crippen LogP contribution in [0.3, 0.4) is 0 Å². The molecular weight excluding hydrogens is 379 g/mol. The first-order valence-electron chi connectivity index (χ1n) is 9.01. The van der Waals surface area contributed by atoms with E-state index in [-0.39, 0.29) is 37.1 Å². The summed E-state index contributed by atoms with van der Waals surface area (Å²) in [4.78, 5) is 25.0. The third-order valence-corrected chi connectivity index (χ3v) is 5.69. The molecule has 1 aliphatic carbocycles. The number of nitrogens with one attached hydrogen (secondary N) is 2. The number of halogens is 3. The van der Waals surface area contributed by atoms with Crippen molar-refractivity contribution in [1.29, 1.82) is 0 Å². The van der Waals surface area contributed by atoms with Gasteiger partial charge in [0.05, 0.1) is 18.7 Å². The Balaban J connectivity index is 1.36. The minimum atomic E-state index is -4.50. The molecule has 4 rings (SSSR count). The average molecular weight is 399 g/mol. The van der Waals surface area contributed by atoms with Gasteiger partial charge in [-0.2, -0.15) is 13.2 Å². The Bertz CT molecular complexity index is 810. The molecule has 3 N–H and O–H groups in total. The van der Waals surface area contributed by atoms with Crippen LogP contribution in [-0.4, -0.2) is 53.4 Å². The van der Waals surface area contributed by atoms with E-state index in [1.165, 1.54) is 17.0 Å². The Morgan fingerprint density at radius 1 is 1.36 bits per heavy atom. The highest BCUT2D eigenvalue weighted by Gasteiger charge is 2.52. The molecule has 0 aromatic heterocycles. The molecule has 7 nitrogen and oxygen atoms in total. The molecule has 1 unspecified atom stereocenters. The molecule has 10 heteroatoms. The number of aliphatic hydroxyl groups is 1. The van der Waals surface area contributed by atoms with E-state index in [9.17, 15) is 27.9 Å². The number of ether oxygens (including phenoxy) is 1. The molecule has 152 valence electrons. The molecule has 1 spiro atoms. The lowest BCUT2D eigenvalue weighted by atomic mass is 9.76. The maximum absolute atomic E-state index is 12.9. The number of urea groups is 1. The number of alkyl halides is 3. The molecule has 2 heterocycles. The van der Waals surface area contributed by atoms with Crippen molar-refractivity contribution < 1.29 is 32.6 Å². The monoisotopic (exact) mass is 399 g/mol. The molecule has 3 fully saturated rings. The number of nitrogens with zero attached hydrogens (tertiary/aromatic N) is 1. The molecule has 0 bridgehead atoms. The van der Waals surface area contributed by atoms with Crippen LogP contribution < -0.4 is 10.6 Å². The number of carbonyl (C=O) groups excluding carboxylic acids is 2. The van der Waals surface area contributed by atoms with Crippen molar-refractivity contribution in [2.24, 2.45) is 0 Å². The minimum absolute atomic E-state index is 0.0887. The van der Waals surface area contributed by atoms with Crippen LogP contribution in [0.1, 0.15) is 30.4 Å². The molecule has 0 radical (unpaired) electrons. The fraction of sp³-hybridized carbons (Fsp3) is 0.556. The smallest absolute Gasteiger partial charge is 0.416 e. The molecule has 1 aromatic rings. The zero-order valence-electron chi connectivity index (χ0n) is 14.9. The van der Waals surface area contributed by atoms with Crippen LogP contribution in [-0.2, 0) is 16.5 Å². The van der Waals surface area contributed by atoms with Crippen LogP contribution in [0.15, 0.2) is 24.3 Å². The number of hydrogen-bond acceptors (Lipinski definition) is 4. The lowest BCUT2D eigenvalue weighted by Crippen LogP contribution is -2.58. The molecule has 1 aromatic carbocycles. The minimum Gasteiger partial charge on any atom is -0.441 e. The number of carbonyl (C=O) groups is 2. The van der Waals surface area contributed by atoms with Crippen LogP contribution in [0.5, 0.6) is 0 Å². The number of rotatable bonds is 2. The van der Waals surface area contributed by atoms with Gasteiger partial charge in [-0.25, -0.2) is 9.59 Å². The third kappa shape index (κ3) is 3.36. The number of hydrogen-bond donors (Lipinski definition) is 3. The fourth-order valence-electron chi connectivity index (χ4n) is 4.12. The zero-order chi connectivity index (χ0) is 20.2. The maximum Gasteiger partial charge on any atom is 0.416 e. The van der Waals surface area contributed by atoms with E-state index in [0.29, 0.717) is 19.4 Å². The van der Waals surface area contributed by atoms with E-state index < -0.39 is 29.0 Å². The number of β-amino-alcohol motifs (C(OH)–C–C–N with tert-alkyl or cyclic N) is 1. The highest BCUT2D eigenvalue weighted by atomic mass is 19.4. The highest BCUT2D eigenvalue weighted by Crippen LogP contribution is 2.39. The van der Waals surface area contributed by atoms with Crippen LogP contribution in [0.25, 0.3) is 0 Å². The molecule has 2 saturated heterocycles. The van der Waals surface area contributed by atoms with Gasteiger partial charge < -0.3 is 25.4 Å². The Hall–Kier alpha value is -2.49. The maximum atomic E-state index is 12.9. The molecule has 1 saturated carbocycles. The molecule has 2 aliphatic heterocycles. The molecular formula is C18H20F3N3O4. The summed E-state index contributed by atoms with van der Waals surface area (Å²) in [7, 11) is 0. The standard InChI is InChI=1S/C18H20F3N3O4/c19-18(20,21)12-3-1-2-11(6-12)17(27)4-5-24(10-17)14(25)23-13-7-16(8-13)9-22-15(26)28-16/h1-3,6,13,27H,4-5,7-10H2,(H,22,26)(H,23,25). The van der Waals surface area contributed by atoms with Gasteiger partial charge in [-0.3, -0.25) is 0 Å². The SMILES string of the molecule is O=C1NCC2(CC(NC(=O)N3CCC(O)(c4cccc(C(F)(F)F)c4)C3)C2)O1. The van der Waals surface area contributed by atoms with E-state index in [1.54, 1.807) is 0 Å². The molecule has 3 amide bonds. The van der Waals surface area contributed by atoms with Gasteiger partial charge in [-0.15, -0.1) is 0 Å². The first kappa shape index (κ1) is 18.9. The predicted octanol–water partition coefficient (Wildman–Crippen LogP) is 1.95. The first-order valence-corrected chi connectivity index (χ1v) is 9.01. The van der Waals surface area contributed by atoms with Crippen LogP contribution in [0, 0.1) is 0 Å². The second-order valence-corrected chi connectivity index (χ2v) is 7.76. The normalized spacial score (nSPS) is 32.1. The number of benzene rings is 1. The zero-order valence-corrected chi connectivity index (χ0v) is 14.9. The van der Waals surface area contributed by atoms with Crippen LogP contribution in [0.4, 0.5) is 22.8 Å². The van der Waals surface area contributed by atoms with Crippen LogP contribution >= 0.6 is 0 Å². The van der Waals surface area contributed by atoms with Gasteiger partial charge in [0.1, 0.15) is 11.2 Å². The summed E-state index contributed by atoms with van der Waals surface area (Å²) >= 11 is 0. The number of alkyl carbamates (subject to hydrolysis) is 1. The van der Waals surface area contributed by atoms with Crippen LogP contribution in [0.2, 0.25) is 0 Å². The Labute approximate surface area is 158 Å². The quantitative estimate of drug-likeness (QED) is 0.709. The van der Waals surface area contributed by atoms with Crippen molar-refractivity contribution in [3.8, 4) is 0 Å². The fourth-order valence-corrected chi connectivity index (χ4v) is 4.12. The van der Waals surface area contributed by atoms with E-state index in [1.807, 2.05) is 0 Å². The summed E-state index contributed by atoms with van der Waals surface area (Å²) in [5.74, 6) is 0. The lowest BCUT2D eigenvalue weighted by Gasteiger charge is -2.43. The lowest BCUT2D eigenvalue weighted by molar-refractivity contribution is -0.137. The predicted molar refractivity (Wildman–Crippen MR) is 90.3 cm³/mol. The molecule has 3 aliphatic rings. The summed E-state index contributed by atoms with van der Waals surface area (Å²) in [5, 5.41) is 16.2. The van der Waals surface area contributed by atoms with Crippen molar-refractivity contribution >= 4 is 12.1 Å². The van der Waals surface area contributed by atoms with Gasteiger partial charge in [0.2, 0.25) is 0 Å². The van der Waals surface area contributed by atoms with Gasteiger partial charge in [0.15, 0.2) is 0 Å². The summed E-state index contributed by atoms with van der Waals surface area (Å²) < 4.78 is 44.0. The van der Waals surface area contributed by atoms with Crippen molar-refractivity contribution in [2.45, 2.75) is 42.7 Å². The largest absolute Gasteiger partial charge is 0.441 e. The number of amides is 3. The second kappa shape index (κ2) is 6.26. The topological polar surface area (TPSA) is 90.9 Å². The van der Waals surface area contributed by atoms with E-state index in [2.05, 4.69) is 10.6 Å². The average Bonchev–Trinajstić information content (AvgIpc) is 3.18. The van der Waals surface area contributed by atoms with Gasteiger partial charge in [-0.05, 0) is 24.1 Å². The van der Waals surface area contributed by atoms with Gasteiger partial charge in [0, 0.05) is 25.4 Å². The summed E-state index contributed by atoms with van der Waals surface area (Å²) in [6.45, 7) is 0.554. The van der Waals surface area contributed by atoms with E-state index in [0.717, 1.165) is 12.1 Å². The van der Waals surface area contributed by atoms with Crippen molar-refractivity contribution in [2.75, 3.05) is 19.6 Å². The van der Waals surface area contributed by atoms with E-state index in [4.69, 9.17) is 4.74 Å². The van der Waals surface area contributed by atoms with E-state index >= 15 is 0 Å². The third-order valence-electron chi connectivity index (χ3n) is 5.69. The van der Waals surface area contributed by atoms with Crippen molar-refractivity contribution in [3.63, 3.8) is 0 Å². The second-order valence-electron chi connectivity index (χ2n) is 7.76. The Kier molecular flexibility index (Phi) is 4.22. The van der Waals surface area contributed by atoms with Gasteiger partial charge in [0.25, 0.3) is 0 Å².